The van der Waals surface area contributed by atoms with Crippen molar-refractivity contribution < 1.29 is 9.53 Å². The van der Waals surface area contributed by atoms with Crippen molar-refractivity contribution in [3.8, 4) is 11.5 Å². The fourth-order valence-corrected chi connectivity index (χ4v) is 3.02. The molecule has 0 saturated carbocycles. The van der Waals surface area contributed by atoms with Gasteiger partial charge < -0.3 is 10.1 Å². The van der Waals surface area contributed by atoms with Crippen molar-refractivity contribution in [3.05, 3.63) is 77.6 Å². The minimum Gasteiger partial charge on any atom is -0.455 e. The predicted molar refractivity (Wildman–Crippen MR) is 109 cm³/mol. The third-order valence-corrected chi connectivity index (χ3v) is 4.51. The highest BCUT2D eigenvalue weighted by molar-refractivity contribution is 6.06. The van der Waals surface area contributed by atoms with Crippen molar-refractivity contribution in [2.45, 2.75) is 13.8 Å². The summed E-state index contributed by atoms with van der Waals surface area (Å²) in [6.07, 6.45) is 1.56. The number of pyridine rings is 1. The van der Waals surface area contributed by atoms with Crippen molar-refractivity contribution >= 4 is 22.6 Å². The molecule has 0 spiro atoms. The molecule has 0 bridgehead atoms. The number of nitrogens with zero attached hydrogens (tertiary/aromatic N) is 3. The maximum atomic E-state index is 12.8. The number of aryl methyl sites for hydroxylation is 3. The Hall–Kier alpha value is -3.67. The second kappa shape index (κ2) is 7.15. The summed E-state index contributed by atoms with van der Waals surface area (Å²) < 4.78 is 7.66. The van der Waals surface area contributed by atoms with Crippen molar-refractivity contribution in [1.82, 2.24) is 14.8 Å². The average Bonchev–Trinajstić information content (AvgIpc) is 2.98. The summed E-state index contributed by atoms with van der Waals surface area (Å²) in [6, 6.07) is 16.9. The van der Waals surface area contributed by atoms with Gasteiger partial charge in [-0.1, -0.05) is 29.8 Å². The summed E-state index contributed by atoms with van der Waals surface area (Å²) in [7, 11) is 1.83. The number of fused-ring (bicyclic) bond motifs is 1. The first-order chi connectivity index (χ1) is 13.5. The van der Waals surface area contributed by atoms with E-state index in [0.717, 1.165) is 22.3 Å². The fraction of sp³-hybridized carbons (Fsp3) is 0.136. The maximum Gasteiger partial charge on any atom is 0.257 e. The monoisotopic (exact) mass is 372 g/mol. The Morgan fingerprint density at radius 2 is 1.82 bits per heavy atom. The Balaban J connectivity index is 1.59. The first-order valence-corrected chi connectivity index (χ1v) is 8.95. The normalized spacial score (nSPS) is 10.8. The van der Waals surface area contributed by atoms with Gasteiger partial charge in [0.2, 0.25) is 0 Å². The Labute approximate surface area is 162 Å². The molecule has 2 heterocycles. The summed E-state index contributed by atoms with van der Waals surface area (Å²) >= 11 is 0. The number of benzene rings is 2. The van der Waals surface area contributed by atoms with Crippen LogP contribution in [0.2, 0.25) is 0 Å². The topological polar surface area (TPSA) is 69.0 Å². The highest BCUT2D eigenvalue weighted by Crippen LogP contribution is 2.30. The molecular formula is C22H20N4O2. The van der Waals surface area contributed by atoms with E-state index >= 15 is 0 Å². The van der Waals surface area contributed by atoms with Crippen molar-refractivity contribution in [1.29, 1.82) is 0 Å². The molecule has 0 saturated heterocycles. The zero-order valence-corrected chi connectivity index (χ0v) is 15.9. The van der Waals surface area contributed by atoms with Crippen LogP contribution >= 0.6 is 0 Å². The summed E-state index contributed by atoms with van der Waals surface area (Å²) in [4.78, 5) is 17.2. The van der Waals surface area contributed by atoms with Crippen LogP contribution in [0.5, 0.6) is 11.5 Å². The van der Waals surface area contributed by atoms with Crippen LogP contribution < -0.4 is 10.1 Å². The molecule has 140 valence electrons. The molecule has 2 aromatic heterocycles. The molecule has 1 amide bonds. The zero-order chi connectivity index (χ0) is 19.7. The van der Waals surface area contributed by atoms with Crippen LogP contribution in [0.25, 0.3) is 11.0 Å². The van der Waals surface area contributed by atoms with Gasteiger partial charge in [-0.3, -0.25) is 9.48 Å². The van der Waals surface area contributed by atoms with Crippen LogP contribution in [0, 0.1) is 13.8 Å². The lowest BCUT2D eigenvalue weighted by molar-refractivity contribution is 0.102. The van der Waals surface area contributed by atoms with E-state index < -0.39 is 0 Å². The molecule has 0 radical (unpaired) electrons. The molecule has 0 fully saturated rings. The third kappa shape index (κ3) is 3.44. The lowest BCUT2D eigenvalue weighted by Gasteiger charge is -2.12. The molecule has 1 N–H and O–H groups in total. The Kier molecular flexibility index (Phi) is 4.53. The first-order valence-electron chi connectivity index (χ1n) is 8.95. The highest BCUT2D eigenvalue weighted by atomic mass is 16.5. The van der Waals surface area contributed by atoms with Gasteiger partial charge in [0, 0.05) is 18.6 Å². The van der Waals surface area contributed by atoms with Gasteiger partial charge >= 0.3 is 0 Å². The summed E-state index contributed by atoms with van der Waals surface area (Å²) in [6.45, 7) is 3.92. The Morgan fingerprint density at radius 3 is 2.61 bits per heavy atom. The number of ether oxygens (including phenoxy) is 1. The summed E-state index contributed by atoms with van der Waals surface area (Å²) in [5.41, 5.74) is 3.80. The smallest absolute Gasteiger partial charge is 0.257 e. The molecule has 4 aromatic rings. The van der Waals surface area contributed by atoms with Crippen LogP contribution in [-0.4, -0.2) is 20.7 Å². The molecule has 0 aliphatic heterocycles. The molecule has 2 aromatic carbocycles. The quantitative estimate of drug-likeness (QED) is 0.567. The van der Waals surface area contributed by atoms with Gasteiger partial charge in [0.1, 0.15) is 5.75 Å². The standard InChI is InChI=1S/C22H20N4O2/c1-14-8-10-17(11-9-14)28-20-7-5-4-6-19(20)24-22(27)16-12-18-15(2)25-26(3)21(18)23-13-16/h4-13H,1-3H3,(H,24,27). The van der Waals surface area contributed by atoms with E-state index in [0.29, 0.717) is 22.7 Å². The molecule has 0 unspecified atom stereocenters. The number of carbonyl (C=O) groups excluding carboxylic acids is 1. The van der Waals surface area contributed by atoms with Gasteiger partial charge in [-0.05, 0) is 44.2 Å². The van der Waals surface area contributed by atoms with E-state index in [1.54, 1.807) is 10.9 Å². The highest BCUT2D eigenvalue weighted by Gasteiger charge is 2.14. The van der Waals surface area contributed by atoms with Gasteiger partial charge in [-0.15, -0.1) is 0 Å². The van der Waals surface area contributed by atoms with Gasteiger partial charge in [0.15, 0.2) is 11.4 Å². The van der Waals surface area contributed by atoms with Crippen LogP contribution in [0.4, 0.5) is 5.69 Å². The van der Waals surface area contributed by atoms with E-state index in [4.69, 9.17) is 4.74 Å². The zero-order valence-electron chi connectivity index (χ0n) is 15.9. The van der Waals surface area contributed by atoms with E-state index in [1.165, 1.54) is 0 Å². The van der Waals surface area contributed by atoms with Gasteiger partial charge in [0.05, 0.1) is 16.9 Å². The Bertz CT molecular complexity index is 1160. The number of rotatable bonds is 4. The number of anilines is 1. The molecule has 6 heteroatoms. The van der Waals surface area contributed by atoms with Crippen LogP contribution in [0.1, 0.15) is 21.6 Å². The predicted octanol–water partition coefficient (Wildman–Crippen LogP) is 4.63. The van der Waals surface area contributed by atoms with Crippen LogP contribution in [0.15, 0.2) is 60.8 Å². The molecule has 0 atom stereocenters. The fourth-order valence-electron chi connectivity index (χ4n) is 3.02. The van der Waals surface area contributed by atoms with Gasteiger partial charge in [-0.2, -0.15) is 5.10 Å². The number of hydrogen-bond acceptors (Lipinski definition) is 4. The maximum absolute atomic E-state index is 12.8. The Morgan fingerprint density at radius 1 is 1.07 bits per heavy atom. The number of carbonyl (C=O) groups is 1. The van der Waals surface area contributed by atoms with Crippen molar-refractivity contribution in [3.63, 3.8) is 0 Å². The molecule has 4 rings (SSSR count). The number of nitrogens with one attached hydrogen (secondary N) is 1. The molecule has 0 aliphatic carbocycles. The SMILES string of the molecule is Cc1ccc(Oc2ccccc2NC(=O)c2cnc3c(c2)c(C)nn3C)cc1. The van der Waals surface area contributed by atoms with E-state index in [-0.39, 0.29) is 5.91 Å². The van der Waals surface area contributed by atoms with Crippen molar-refractivity contribution in [2.75, 3.05) is 5.32 Å². The third-order valence-electron chi connectivity index (χ3n) is 4.51. The van der Waals surface area contributed by atoms with E-state index in [9.17, 15) is 4.79 Å². The second-order valence-corrected chi connectivity index (χ2v) is 6.67. The minimum absolute atomic E-state index is 0.252. The molecule has 28 heavy (non-hydrogen) atoms. The summed E-state index contributed by atoms with van der Waals surface area (Å²) in [5.74, 6) is 1.03. The minimum atomic E-state index is -0.252. The average molecular weight is 372 g/mol. The molecule has 0 aliphatic rings. The molecular weight excluding hydrogens is 352 g/mol. The summed E-state index contributed by atoms with van der Waals surface area (Å²) in [5, 5.41) is 8.12. The lowest BCUT2D eigenvalue weighted by Crippen LogP contribution is -2.13. The van der Waals surface area contributed by atoms with Crippen LogP contribution in [-0.2, 0) is 7.05 Å². The molecule has 6 nitrogen and oxygen atoms in total. The first kappa shape index (κ1) is 17.7. The van der Waals surface area contributed by atoms with Gasteiger partial charge in [0.25, 0.3) is 5.91 Å². The number of amides is 1. The number of hydrogen-bond donors (Lipinski definition) is 1. The lowest BCUT2D eigenvalue weighted by atomic mass is 10.2. The van der Waals surface area contributed by atoms with Gasteiger partial charge in [-0.25, -0.2) is 4.98 Å². The second-order valence-electron chi connectivity index (χ2n) is 6.67. The van der Waals surface area contributed by atoms with E-state index in [2.05, 4.69) is 15.4 Å². The number of para-hydroxylation sites is 2. The van der Waals surface area contributed by atoms with E-state index in [1.807, 2.05) is 75.5 Å². The van der Waals surface area contributed by atoms with Crippen LogP contribution in [0.3, 0.4) is 0 Å². The number of aromatic nitrogens is 3. The van der Waals surface area contributed by atoms with Crippen molar-refractivity contribution in [2.24, 2.45) is 7.05 Å². The largest absolute Gasteiger partial charge is 0.455 e.